The number of hydrogen-bond donors (Lipinski definition) is 1. The molecule has 112 valence electrons. The van der Waals surface area contributed by atoms with Gasteiger partial charge in [0, 0.05) is 30.7 Å². The third-order valence-electron chi connectivity index (χ3n) is 3.61. The molecule has 3 heteroatoms. The maximum Gasteiger partial charge on any atom is 0.164 e. The van der Waals surface area contributed by atoms with E-state index in [1.807, 2.05) is 12.2 Å². The summed E-state index contributed by atoms with van der Waals surface area (Å²) in [5.74, 6) is -0.0425. The molecule has 0 atom stereocenters. The van der Waals surface area contributed by atoms with E-state index in [2.05, 4.69) is 12.2 Å². The summed E-state index contributed by atoms with van der Waals surface area (Å²) in [5, 5.41) is 3.40. The van der Waals surface area contributed by atoms with E-state index < -0.39 is 0 Å². The monoisotopic (exact) mass is 287 g/mol. The molecular weight excluding hydrogens is 265 g/mol. The molecule has 0 spiro atoms. The Bertz CT molecular complexity index is 543. The van der Waals surface area contributed by atoms with Crippen molar-refractivity contribution < 1.29 is 9.18 Å². The number of benzene rings is 1. The Hall–Kier alpha value is -1.90. The molecule has 0 saturated carbocycles. The molecule has 0 heterocycles. The van der Waals surface area contributed by atoms with Crippen LogP contribution in [0.1, 0.15) is 38.2 Å². The SMILES string of the molecule is CCCCN/C(Cc1ccc(F)cc1)=C1\C=CCCC1=O. The van der Waals surface area contributed by atoms with Crippen LogP contribution in [0.3, 0.4) is 0 Å². The summed E-state index contributed by atoms with van der Waals surface area (Å²) >= 11 is 0. The predicted octanol–water partition coefficient (Wildman–Crippen LogP) is 3.93. The van der Waals surface area contributed by atoms with Gasteiger partial charge in [0.15, 0.2) is 5.78 Å². The van der Waals surface area contributed by atoms with E-state index in [1.54, 1.807) is 12.1 Å². The van der Waals surface area contributed by atoms with E-state index in [0.29, 0.717) is 12.8 Å². The molecule has 1 aromatic carbocycles. The number of carbonyl (C=O) groups is 1. The first-order valence-electron chi connectivity index (χ1n) is 7.62. The van der Waals surface area contributed by atoms with E-state index in [4.69, 9.17) is 0 Å². The van der Waals surface area contributed by atoms with Crippen LogP contribution in [0.25, 0.3) is 0 Å². The maximum absolute atomic E-state index is 13.0. The second-order valence-corrected chi connectivity index (χ2v) is 5.34. The van der Waals surface area contributed by atoms with Crippen molar-refractivity contribution in [1.29, 1.82) is 0 Å². The fraction of sp³-hybridized carbons (Fsp3) is 0.389. The van der Waals surface area contributed by atoms with Crippen LogP contribution in [0.4, 0.5) is 4.39 Å². The number of ketones is 1. The predicted molar refractivity (Wildman–Crippen MR) is 83.4 cm³/mol. The topological polar surface area (TPSA) is 29.1 Å². The van der Waals surface area contributed by atoms with Gasteiger partial charge in [-0.2, -0.15) is 0 Å². The van der Waals surface area contributed by atoms with Gasteiger partial charge in [0.25, 0.3) is 0 Å². The summed E-state index contributed by atoms with van der Waals surface area (Å²) in [4.78, 5) is 12.1. The van der Waals surface area contributed by atoms with Crippen LogP contribution >= 0.6 is 0 Å². The van der Waals surface area contributed by atoms with Gasteiger partial charge in [0.2, 0.25) is 0 Å². The highest BCUT2D eigenvalue weighted by Crippen LogP contribution is 2.19. The molecule has 0 aliphatic heterocycles. The molecule has 2 nitrogen and oxygen atoms in total. The van der Waals surface area contributed by atoms with Gasteiger partial charge in [0.05, 0.1) is 0 Å². The zero-order chi connectivity index (χ0) is 15.1. The Morgan fingerprint density at radius 1 is 1.29 bits per heavy atom. The summed E-state index contributed by atoms with van der Waals surface area (Å²) in [7, 11) is 0. The minimum Gasteiger partial charge on any atom is -0.387 e. The van der Waals surface area contributed by atoms with Crippen molar-refractivity contribution >= 4 is 5.78 Å². The van der Waals surface area contributed by atoms with E-state index in [9.17, 15) is 9.18 Å². The molecule has 2 rings (SSSR count). The van der Waals surface area contributed by atoms with Crippen LogP contribution < -0.4 is 5.32 Å². The number of hydrogen-bond acceptors (Lipinski definition) is 2. The van der Waals surface area contributed by atoms with E-state index in [1.165, 1.54) is 12.1 Å². The molecule has 0 aromatic heterocycles. The standard InChI is InChI=1S/C18H22FNO/c1-2-3-12-20-17(16-6-4-5-7-18(16)21)13-14-8-10-15(19)11-9-14/h4,6,8-11,20H,2-3,5,7,12-13H2,1H3/b17-16+. The Kier molecular flexibility index (Phi) is 5.73. The zero-order valence-electron chi connectivity index (χ0n) is 12.5. The highest BCUT2D eigenvalue weighted by molar-refractivity contribution is 5.99. The number of Topliss-reactive ketones (excluding diaryl/α,β-unsaturated/α-hetero) is 1. The minimum atomic E-state index is -0.236. The van der Waals surface area contributed by atoms with Gasteiger partial charge in [-0.05, 0) is 30.5 Å². The van der Waals surface area contributed by atoms with Gasteiger partial charge in [-0.1, -0.05) is 37.6 Å². The molecule has 1 N–H and O–H groups in total. The van der Waals surface area contributed by atoms with E-state index in [0.717, 1.165) is 42.6 Å². The summed E-state index contributed by atoms with van der Waals surface area (Å²) < 4.78 is 13.0. The summed E-state index contributed by atoms with van der Waals surface area (Å²) in [5.41, 5.74) is 2.74. The van der Waals surface area contributed by atoms with Gasteiger partial charge < -0.3 is 5.32 Å². The maximum atomic E-state index is 13.0. The Balaban J connectivity index is 2.21. The van der Waals surface area contributed by atoms with Crippen molar-refractivity contribution in [2.24, 2.45) is 0 Å². The molecule has 0 amide bonds. The number of nitrogens with one attached hydrogen (secondary N) is 1. The molecule has 0 radical (unpaired) electrons. The van der Waals surface area contributed by atoms with Crippen LogP contribution in [0.2, 0.25) is 0 Å². The highest BCUT2D eigenvalue weighted by Gasteiger charge is 2.15. The zero-order valence-corrected chi connectivity index (χ0v) is 12.5. The number of rotatable bonds is 6. The fourth-order valence-electron chi connectivity index (χ4n) is 2.39. The van der Waals surface area contributed by atoms with E-state index >= 15 is 0 Å². The smallest absolute Gasteiger partial charge is 0.164 e. The lowest BCUT2D eigenvalue weighted by Crippen LogP contribution is -2.21. The fourth-order valence-corrected chi connectivity index (χ4v) is 2.39. The normalized spacial score (nSPS) is 17.0. The van der Waals surface area contributed by atoms with Crippen LogP contribution in [-0.4, -0.2) is 12.3 Å². The number of halogens is 1. The van der Waals surface area contributed by atoms with Gasteiger partial charge in [-0.3, -0.25) is 4.79 Å². The van der Waals surface area contributed by atoms with Gasteiger partial charge in [-0.15, -0.1) is 0 Å². The van der Waals surface area contributed by atoms with Crippen LogP contribution in [0, 0.1) is 5.82 Å². The second-order valence-electron chi connectivity index (χ2n) is 5.34. The Morgan fingerprint density at radius 3 is 2.71 bits per heavy atom. The van der Waals surface area contributed by atoms with Gasteiger partial charge >= 0.3 is 0 Å². The molecule has 21 heavy (non-hydrogen) atoms. The third kappa shape index (κ3) is 4.55. The minimum absolute atomic E-state index is 0.193. The van der Waals surface area contributed by atoms with Crippen molar-refractivity contribution in [3.05, 3.63) is 59.1 Å². The summed E-state index contributed by atoms with van der Waals surface area (Å²) in [6.45, 7) is 3.00. The van der Waals surface area contributed by atoms with Crippen molar-refractivity contribution in [2.45, 2.75) is 39.0 Å². The highest BCUT2D eigenvalue weighted by atomic mass is 19.1. The van der Waals surface area contributed by atoms with Crippen LogP contribution in [0.15, 0.2) is 47.7 Å². The second kappa shape index (κ2) is 7.77. The number of unbranched alkanes of at least 4 members (excludes halogenated alkanes) is 1. The lowest BCUT2D eigenvalue weighted by molar-refractivity contribution is -0.115. The van der Waals surface area contributed by atoms with Crippen molar-refractivity contribution in [2.75, 3.05) is 6.54 Å². The van der Waals surface area contributed by atoms with Crippen LogP contribution in [-0.2, 0) is 11.2 Å². The summed E-state index contributed by atoms with van der Waals surface area (Å²) in [6.07, 6.45) is 8.17. The third-order valence-corrected chi connectivity index (χ3v) is 3.61. The average Bonchev–Trinajstić information content (AvgIpc) is 2.49. The molecule has 0 saturated heterocycles. The van der Waals surface area contributed by atoms with Gasteiger partial charge in [-0.25, -0.2) is 4.39 Å². The summed E-state index contributed by atoms with van der Waals surface area (Å²) in [6, 6.07) is 6.47. The molecule has 0 bridgehead atoms. The largest absolute Gasteiger partial charge is 0.387 e. The number of allylic oxidation sites excluding steroid dienone is 4. The quantitative estimate of drug-likeness (QED) is 0.634. The Labute approximate surface area is 125 Å². The molecule has 0 unspecified atom stereocenters. The van der Waals surface area contributed by atoms with Crippen LogP contribution in [0.5, 0.6) is 0 Å². The lowest BCUT2D eigenvalue weighted by Gasteiger charge is -2.17. The number of carbonyl (C=O) groups excluding carboxylic acids is 1. The molecular formula is C18H22FNO. The molecule has 1 aromatic rings. The van der Waals surface area contributed by atoms with Crippen molar-refractivity contribution in [3.63, 3.8) is 0 Å². The average molecular weight is 287 g/mol. The first-order chi connectivity index (χ1) is 10.2. The molecule has 1 aliphatic carbocycles. The first kappa shape index (κ1) is 15.5. The molecule has 1 aliphatic rings. The molecule has 0 fully saturated rings. The van der Waals surface area contributed by atoms with Crippen molar-refractivity contribution in [1.82, 2.24) is 5.32 Å². The first-order valence-corrected chi connectivity index (χ1v) is 7.62. The van der Waals surface area contributed by atoms with Gasteiger partial charge in [0.1, 0.15) is 5.82 Å². The van der Waals surface area contributed by atoms with Crippen molar-refractivity contribution in [3.8, 4) is 0 Å². The lowest BCUT2D eigenvalue weighted by atomic mass is 9.95. The van der Waals surface area contributed by atoms with E-state index in [-0.39, 0.29) is 11.6 Å². The Morgan fingerprint density at radius 2 is 2.05 bits per heavy atom.